The fraction of sp³-hybridized carbons (Fsp3) is 0.556. The van der Waals surface area contributed by atoms with Crippen molar-refractivity contribution in [3.05, 3.63) is 23.8 Å². The van der Waals surface area contributed by atoms with Gasteiger partial charge in [-0.15, -0.1) is 11.8 Å². The molecule has 0 spiro atoms. The van der Waals surface area contributed by atoms with Crippen molar-refractivity contribution in [1.29, 1.82) is 0 Å². The van der Waals surface area contributed by atoms with Gasteiger partial charge in [-0.1, -0.05) is 12.1 Å². The normalized spacial score (nSPS) is 21.3. The van der Waals surface area contributed by atoms with Crippen LogP contribution in [0.5, 0.6) is 5.75 Å². The van der Waals surface area contributed by atoms with Gasteiger partial charge in [0.1, 0.15) is 12.4 Å². The maximum atomic E-state index is 12.0. The standard InChI is InChI=1S/C18H23NO4S/c1-18(2,3)19-10-13(23-17(21)16(19)20)11-22-14-8-4-6-12-7-5-9-24-15(12)14/h4,6,8,13H,5,7,9-11H2,1-3H3. The molecule has 130 valence electrons. The second-order valence-electron chi connectivity index (χ2n) is 7.12. The van der Waals surface area contributed by atoms with Crippen LogP contribution in [0.3, 0.4) is 0 Å². The molecule has 1 aromatic rings. The minimum atomic E-state index is -0.797. The van der Waals surface area contributed by atoms with E-state index >= 15 is 0 Å². The minimum absolute atomic E-state index is 0.253. The maximum absolute atomic E-state index is 12.0. The van der Waals surface area contributed by atoms with Crippen LogP contribution >= 0.6 is 11.8 Å². The highest BCUT2D eigenvalue weighted by Crippen LogP contribution is 2.37. The number of esters is 1. The molecule has 0 radical (unpaired) electrons. The molecule has 1 saturated heterocycles. The molecule has 5 nitrogen and oxygen atoms in total. The van der Waals surface area contributed by atoms with Crippen molar-refractivity contribution in [3.8, 4) is 5.75 Å². The minimum Gasteiger partial charge on any atom is -0.488 e. The third-order valence-electron chi connectivity index (χ3n) is 4.21. The van der Waals surface area contributed by atoms with Crippen LogP contribution in [-0.2, 0) is 20.7 Å². The number of hydrogen-bond acceptors (Lipinski definition) is 5. The molecule has 2 aliphatic heterocycles. The molecule has 24 heavy (non-hydrogen) atoms. The maximum Gasteiger partial charge on any atom is 0.397 e. The predicted molar refractivity (Wildman–Crippen MR) is 92.3 cm³/mol. The summed E-state index contributed by atoms with van der Waals surface area (Å²) >= 11 is 1.81. The Hall–Kier alpha value is -1.69. The molecular formula is C18H23NO4S. The van der Waals surface area contributed by atoms with Gasteiger partial charge in [0.05, 0.1) is 11.4 Å². The molecule has 1 fully saturated rings. The number of carbonyl (C=O) groups excluding carboxylic acids is 2. The first-order valence-corrected chi connectivity index (χ1v) is 9.25. The molecule has 1 unspecified atom stereocenters. The molecular weight excluding hydrogens is 326 g/mol. The lowest BCUT2D eigenvalue weighted by molar-refractivity contribution is -0.178. The van der Waals surface area contributed by atoms with Gasteiger partial charge in [-0.25, -0.2) is 4.79 Å². The monoisotopic (exact) mass is 349 g/mol. The van der Waals surface area contributed by atoms with Crippen molar-refractivity contribution in [2.75, 3.05) is 18.9 Å². The van der Waals surface area contributed by atoms with Gasteiger partial charge in [0.25, 0.3) is 0 Å². The largest absolute Gasteiger partial charge is 0.488 e. The Kier molecular flexibility index (Phi) is 4.76. The Morgan fingerprint density at radius 2 is 2.12 bits per heavy atom. The summed E-state index contributed by atoms with van der Waals surface area (Å²) in [5.41, 5.74) is 0.896. The molecule has 1 aromatic carbocycles. The van der Waals surface area contributed by atoms with Gasteiger partial charge in [-0.05, 0) is 51.0 Å². The van der Waals surface area contributed by atoms with Crippen LogP contribution in [0, 0.1) is 0 Å². The second-order valence-corrected chi connectivity index (χ2v) is 8.23. The number of cyclic esters (lactones) is 1. The van der Waals surface area contributed by atoms with E-state index in [1.807, 2.05) is 44.7 Å². The summed E-state index contributed by atoms with van der Waals surface area (Å²) < 4.78 is 11.2. The highest BCUT2D eigenvalue weighted by Gasteiger charge is 2.40. The van der Waals surface area contributed by atoms with E-state index in [0.29, 0.717) is 6.54 Å². The van der Waals surface area contributed by atoms with Gasteiger partial charge in [0, 0.05) is 5.54 Å². The lowest BCUT2D eigenvalue weighted by atomic mass is 10.0. The third kappa shape index (κ3) is 3.53. The Bertz CT molecular complexity index is 653. The highest BCUT2D eigenvalue weighted by atomic mass is 32.2. The van der Waals surface area contributed by atoms with E-state index in [-0.39, 0.29) is 6.61 Å². The van der Waals surface area contributed by atoms with E-state index in [4.69, 9.17) is 9.47 Å². The molecule has 2 aliphatic rings. The summed E-state index contributed by atoms with van der Waals surface area (Å²) in [7, 11) is 0. The molecule has 0 aliphatic carbocycles. The van der Waals surface area contributed by atoms with Crippen LogP contribution in [0.1, 0.15) is 32.8 Å². The van der Waals surface area contributed by atoms with Crippen LogP contribution in [0.2, 0.25) is 0 Å². The number of fused-ring (bicyclic) bond motifs is 1. The average Bonchev–Trinajstić information content (AvgIpc) is 2.54. The number of amides is 1. The van der Waals surface area contributed by atoms with Crippen molar-refractivity contribution in [2.24, 2.45) is 0 Å². The number of aryl methyl sites for hydroxylation is 1. The average molecular weight is 349 g/mol. The van der Waals surface area contributed by atoms with Crippen LogP contribution in [-0.4, -0.2) is 47.3 Å². The number of rotatable bonds is 3. The lowest BCUT2D eigenvalue weighted by Crippen LogP contribution is -2.58. The molecule has 1 atom stereocenters. The first-order chi connectivity index (χ1) is 11.4. The molecule has 2 heterocycles. The fourth-order valence-corrected chi connectivity index (χ4v) is 4.07. The van der Waals surface area contributed by atoms with Crippen molar-refractivity contribution >= 4 is 23.6 Å². The summed E-state index contributed by atoms with van der Waals surface area (Å²) in [6, 6.07) is 6.08. The zero-order chi connectivity index (χ0) is 17.3. The smallest absolute Gasteiger partial charge is 0.397 e. The summed E-state index contributed by atoms with van der Waals surface area (Å²) in [5.74, 6) is 0.561. The van der Waals surface area contributed by atoms with Gasteiger partial charge in [-0.3, -0.25) is 4.79 Å². The Morgan fingerprint density at radius 1 is 1.33 bits per heavy atom. The lowest BCUT2D eigenvalue weighted by Gasteiger charge is -2.40. The van der Waals surface area contributed by atoms with Crippen LogP contribution in [0.15, 0.2) is 23.1 Å². The second kappa shape index (κ2) is 6.67. The Morgan fingerprint density at radius 3 is 2.88 bits per heavy atom. The van der Waals surface area contributed by atoms with E-state index in [9.17, 15) is 9.59 Å². The van der Waals surface area contributed by atoms with Crippen molar-refractivity contribution in [1.82, 2.24) is 4.90 Å². The summed E-state index contributed by atoms with van der Waals surface area (Å²) in [4.78, 5) is 26.6. The SMILES string of the molecule is CC(C)(C)N1CC(COc2cccc3c2SCCC3)OC(=O)C1=O. The molecule has 0 aromatic heterocycles. The molecule has 3 rings (SSSR count). The zero-order valence-electron chi connectivity index (χ0n) is 14.3. The highest BCUT2D eigenvalue weighted by molar-refractivity contribution is 7.99. The number of carbonyl (C=O) groups is 2. The zero-order valence-corrected chi connectivity index (χ0v) is 15.1. The Balaban J connectivity index is 1.69. The molecule has 0 bridgehead atoms. The van der Waals surface area contributed by atoms with Crippen molar-refractivity contribution < 1.29 is 19.1 Å². The van der Waals surface area contributed by atoms with Crippen molar-refractivity contribution in [3.63, 3.8) is 0 Å². The van der Waals surface area contributed by atoms with E-state index < -0.39 is 23.5 Å². The number of thioether (sulfide) groups is 1. The van der Waals surface area contributed by atoms with Crippen LogP contribution in [0.4, 0.5) is 0 Å². The molecule has 0 N–H and O–H groups in total. The third-order valence-corrected chi connectivity index (χ3v) is 5.46. The van der Waals surface area contributed by atoms with E-state index in [2.05, 4.69) is 6.07 Å². The van der Waals surface area contributed by atoms with Gasteiger partial charge in [0.15, 0.2) is 6.10 Å². The first kappa shape index (κ1) is 17.1. The van der Waals surface area contributed by atoms with E-state index in [1.165, 1.54) is 16.9 Å². The Labute approximate surface area is 146 Å². The van der Waals surface area contributed by atoms with E-state index in [1.54, 1.807) is 4.90 Å². The quantitative estimate of drug-likeness (QED) is 0.620. The van der Waals surface area contributed by atoms with Gasteiger partial charge in [0.2, 0.25) is 0 Å². The molecule has 1 amide bonds. The van der Waals surface area contributed by atoms with Gasteiger partial charge in [-0.2, -0.15) is 0 Å². The summed E-state index contributed by atoms with van der Waals surface area (Å²) in [6.45, 7) is 6.34. The van der Waals surface area contributed by atoms with Gasteiger partial charge < -0.3 is 14.4 Å². The topological polar surface area (TPSA) is 55.8 Å². The van der Waals surface area contributed by atoms with E-state index in [0.717, 1.165) is 17.9 Å². The summed E-state index contributed by atoms with van der Waals surface area (Å²) in [6.07, 6.45) is 1.81. The predicted octanol–water partition coefficient (Wildman–Crippen LogP) is 2.66. The molecule has 0 saturated carbocycles. The number of benzene rings is 1. The van der Waals surface area contributed by atoms with Gasteiger partial charge >= 0.3 is 11.9 Å². The number of ether oxygens (including phenoxy) is 2. The first-order valence-electron chi connectivity index (χ1n) is 8.26. The fourth-order valence-electron chi connectivity index (χ4n) is 2.96. The number of morpholine rings is 1. The molecule has 6 heteroatoms. The number of nitrogens with zero attached hydrogens (tertiary/aromatic N) is 1. The van der Waals surface area contributed by atoms with Crippen LogP contribution in [0.25, 0.3) is 0 Å². The van der Waals surface area contributed by atoms with Crippen LogP contribution < -0.4 is 4.74 Å². The number of hydrogen-bond donors (Lipinski definition) is 0. The van der Waals surface area contributed by atoms with Crippen molar-refractivity contribution in [2.45, 2.75) is 50.2 Å². The summed E-state index contributed by atoms with van der Waals surface area (Å²) in [5, 5.41) is 0.